The summed E-state index contributed by atoms with van der Waals surface area (Å²) in [6.45, 7) is 0.626. The number of halogens is 4. The van der Waals surface area contributed by atoms with Crippen LogP contribution in [0.1, 0.15) is 53.1 Å². The Bertz CT molecular complexity index is 1320. The van der Waals surface area contributed by atoms with Gasteiger partial charge in [-0.15, -0.1) is 11.3 Å². The van der Waals surface area contributed by atoms with Gasteiger partial charge in [0.15, 0.2) is 12.7 Å². The highest BCUT2D eigenvalue weighted by Gasteiger charge is 2.32. The van der Waals surface area contributed by atoms with Crippen molar-refractivity contribution in [3.63, 3.8) is 0 Å². The van der Waals surface area contributed by atoms with Crippen LogP contribution in [0.5, 0.6) is 11.8 Å². The Morgan fingerprint density at radius 1 is 1.24 bits per heavy atom. The number of benzene rings is 1. The van der Waals surface area contributed by atoms with Crippen molar-refractivity contribution in [3.8, 4) is 11.8 Å². The molecule has 1 aromatic carbocycles. The van der Waals surface area contributed by atoms with Gasteiger partial charge in [-0.05, 0) is 25.0 Å². The topological polar surface area (TPSA) is 110 Å². The summed E-state index contributed by atoms with van der Waals surface area (Å²) in [4.78, 5) is 31.5. The first-order chi connectivity index (χ1) is 18.2. The lowest BCUT2D eigenvalue weighted by Gasteiger charge is -2.31. The molecule has 0 aliphatic carbocycles. The molecule has 1 atom stereocenters. The zero-order chi connectivity index (χ0) is 26.9. The number of piperidine rings is 1. The van der Waals surface area contributed by atoms with Gasteiger partial charge in [0.1, 0.15) is 11.5 Å². The molecule has 1 unspecified atom stereocenters. The molecule has 2 aliphatic rings. The van der Waals surface area contributed by atoms with Gasteiger partial charge in [0.2, 0.25) is 0 Å². The number of hydrogen-bond donors (Lipinski definition) is 1. The van der Waals surface area contributed by atoms with E-state index in [1.807, 2.05) is 5.38 Å². The van der Waals surface area contributed by atoms with E-state index in [-0.39, 0.29) is 30.2 Å². The van der Waals surface area contributed by atoms with E-state index in [2.05, 4.69) is 15.1 Å². The van der Waals surface area contributed by atoms with Gasteiger partial charge in [0, 0.05) is 43.2 Å². The molecule has 200 valence electrons. The van der Waals surface area contributed by atoms with Crippen LogP contribution in [0.2, 0.25) is 5.02 Å². The number of aromatic nitrogens is 3. The van der Waals surface area contributed by atoms with Crippen LogP contribution in [0.3, 0.4) is 0 Å². The molecule has 0 bridgehead atoms. The predicted octanol–water partition coefficient (Wildman–Crippen LogP) is 4.96. The molecule has 3 aromatic rings. The number of alkyl halides is 3. The van der Waals surface area contributed by atoms with Crippen molar-refractivity contribution in [2.24, 2.45) is 5.16 Å². The first-order valence-electron chi connectivity index (χ1n) is 11.6. The number of ether oxygens (including phenoxy) is 1. The predicted molar refractivity (Wildman–Crippen MR) is 131 cm³/mol. The van der Waals surface area contributed by atoms with Gasteiger partial charge in [0.25, 0.3) is 5.91 Å². The number of carbonyl (C=O) groups excluding carboxylic acids is 1. The van der Waals surface area contributed by atoms with Crippen molar-refractivity contribution in [3.05, 3.63) is 62.8 Å². The molecule has 4 heterocycles. The molecule has 1 fully saturated rings. The third-order valence-electron chi connectivity index (χ3n) is 6.32. The second kappa shape index (κ2) is 10.7. The van der Waals surface area contributed by atoms with Crippen LogP contribution in [0, 0.1) is 0 Å². The molecule has 1 N–H and O–H groups in total. The first-order valence-corrected chi connectivity index (χ1v) is 12.9. The third-order valence-corrected chi connectivity index (χ3v) is 7.65. The number of rotatable bonds is 6. The van der Waals surface area contributed by atoms with Gasteiger partial charge in [0.05, 0.1) is 26.9 Å². The zero-order valence-electron chi connectivity index (χ0n) is 19.7. The number of nitrogens with zero attached hydrogens (tertiary/aromatic N) is 5. The number of likely N-dealkylation sites (tertiary alicyclic amines) is 1. The average molecular weight is 568 g/mol. The molecule has 2 aromatic heterocycles. The molecular formula is C24H21ClF3N5O4S. The highest BCUT2D eigenvalue weighted by Crippen LogP contribution is 2.39. The lowest BCUT2D eigenvalue weighted by Crippen LogP contribution is -2.40. The minimum absolute atomic E-state index is 0.0523. The maximum absolute atomic E-state index is 12.6. The van der Waals surface area contributed by atoms with Gasteiger partial charge < -0.3 is 19.6 Å². The molecule has 0 saturated carbocycles. The number of oxime groups is 1. The van der Waals surface area contributed by atoms with Crippen molar-refractivity contribution in [1.29, 1.82) is 0 Å². The summed E-state index contributed by atoms with van der Waals surface area (Å²) in [6.07, 6.45) is -1.97. The number of carbonyl (C=O) groups is 1. The maximum Gasteiger partial charge on any atom is 0.419 e. The smallest absolute Gasteiger partial charge is 0.419 e. The van der Waals surface area contributed by atoms with E-state index in [1.165, 1.54) is 11.3 Å². The molecule has 1 amide bonds. The van der Waals surface area contributed by atoms with E-state index in [0.29, 0.717) is 66.7 Å². The molecule has 0 spiro atoms. The standard InChI is InChI=1S/C24H21ClF3N5O4S/c25-15-2-1-3-18(34)21(15)19-8-16(32-37-19)17-12-38-22(31-17)13-4-6-33(7-5-13)20(35)11-36-23-29-9-14(10-30-23)24(26,27)28/h1-3,9-10,12-13,19,34H,4-8,11H2. The molecule has 5 rings (SSSR count). The summed E-state index contributed by atoms with van der Waals surface area (Å²) in [7, 11) is 0. The van der Waals surface area contributed by atoms with Crippen molar-refractivity contribution >= 4 is 34.6 Å². The summed E-state index contributed by atoms with van der Waals surface area (Å²) >= 11 is 7.75. The van der Waals surface area contributed by atoms with Gasteiger partial charge >= 0.3 is 12.2 Å². The average Bonchev–Trinajstić information content (AvgIpc) is 3.57. The van der Waals surface area contributed by atoms with Crippen molar-refractivity contribution < 1.29 is 32.6 Å². The normalized spacial score (nSPS) is 18.3. The van der Waals surface area contributed by atoms with Crippen LogP contribution in [0.25, 0.3) is 0 Å². The monoisotopic (exact) mass is 567 g/mol. The number of phenolic OH excluding ortho intramolecular Hbond substituents is 1. The number of hydrogen-bond acceptors (Lipinski definition) is 9. The number of amides is 1. The fourth-order valence-corrected chi connectivity index (χ4v) is 5.56. The molecule has 0 radical (unpaired) electrons. The number of aromatic hydroxyl groups is 1. The zero-order valence-corrected chi connectivity index (χ0v) is 21.3. The van der Waals surface area contributed by atoms with Crippen LogP contribution >= 0.6 is 22.9 Å². The van der Waals surface area contributed by atoms with Gasteiger partial charge in [-0.25, -0.2) is 15.0 Å². The summed E-state index contributed by atoms with van der Waals surface area (Å²) < 4.78 is 43.0. The van der Waals surface area contributed by atoms with Crippen LogP contribution in [-0.4, -0.2) is 56.3 Å². The molecule has 14 heteroatoms. The summed E-state index contributed by atoms with van der Waals surface area (Å²) in [6, 6.07) is 4.60. The van der Waals surface area contributed by atoms with E-state index >= 15 is 0 Å². The molecule has 38 heavy (non-hydrogen) atoms. The highest BCUT2D eigenvalue weighted by molar-refractivity contribution is 7.10. The second-order valence-corrected chi connectivity index (χ2v) is 10.1. The highest BCUT2D eigenvalue weighted by atomic mass is 35.5. The minimum atomic E-state index is -4.54. The van der Waals surface area contributed by atoms with Crippen LogP contribution in [0.15, 0.2) is 41.1 Å². The van der Waals surface area contributed by atoms with E-state index in [9.17, 15) is 23.1 Å². The van der Waals surface area contributed by atoms with Crippen LogP contribution < -0.4 is 4.74 Å². The molecular weight excluding hydrogens is 547 g/mol. The number of phenols is 1. The molecule has 9 nitrogen and oxygen atoms in total. The number of thiazole rings is 1. The Balaban J connectivity index is 1.11. The maximum atomic E-state index is 12.6. The fourth-order valence-electron chi connectivity index (χ4n) is 4.27. The Morgan fingerprint density at radius 2 is 1.97 bits per heavy atom. The van der Waals surface area contributed by atoms with Gasteiger partial charge in [-0.3, -0.25) is 4.79 Å². The van der Waals surface area contributed by atoms with Crippen LogP contribution in [-0.2, 0) is 15.8 Å². The Kier molecular flexibility index (Phi) is 7.39. The third kappa shape index (κ3) is 5.68. The lowest BCUT2D eigenvalue weighted by molar-refractivity contribution is -0.138. The first kappa shape index (κ1) is 26.2. The Labute approximate surface area is 223 Å². The van der Waals surface area contributed by atoms with Crippen LogP contribution in [0.4, 0.5) is 13.2 Å². The van der Waals surface area contributed by atoms with E-state index in [4.69, 9.17) is 26.2 Å². The van der Waals surface area contributed by atoms with Gasteiger partial charge in [-0.1, -0.05) is 22.8 Å². The SMILES string of the molecule is O=C(COc1ncc(C(F)(F)F)cn1)N1CCC(c2nc(C3=NOC(c4c(O)cccc4Cl)C3)cs2)CC1. The molecule has 2 aliphatic heterocycles. The van der Waals surface area contributed by atoms with E-state index in [0.717, 1.165) is 5.01 Å². The van der Waals surface area contributed by atoms with Crippen molar-refractivity contribution in [2.75, 3.05) is 19.7 Å². The van der Waals surface area contributed by atoms with Crippen molar-refractivity contribution in [1.82, 2.24) is 19.9 Å². The molecule has 1 saturated heterocycles. The summed E-state index contributed by atoms with van der Waals surface area (Å²) in [5.74, 6) is -0.0714. The second-order valence-electron chi connectivity index (χ2n) is 8.78. The van der Waals surface area contributed by atoms with E-state index < -0.39 is 17.8 Å². The summed E-state index contributed by atoms with van der Waals surface area (Å²) in [5, 5.41) is 17.6. The lowest BCUT2D eigenvalue weighted by atomic mass is 9.97. The van der Waals surface area contributed by atoms with Gasteiger partial charge in [-0.2, -0.15) is 13.2 Å². The quantitative estimate of drug-likeness (QED) is 0.448. The minimum Gasteiger partial charge on any atom is -0.507 e. The fraction of sp³-hybridized carbons (Fsp3) is 0.375. The van der Waals surface area contributed by atoms with E-state index in [1.54, 1.807) is 23.1 Å². The van der Waals surface area contributed by atoms with Crippen molar-refractivity contribution in [2.45, 2.75) is 37.5 Å². The Morgan fingerprint density at radius 3 is 2.66 bits per heavy atom. The largest absolute Gasteiger partial charge is 0.507 e. The summed E-state index contributed by atoms with van der Waals surface area (Å²) in [5.41, 5.74) is 0.889. The Hall–Kier alpha value is -3.45.